The van der Waals surface area contributed by atoms with E-state index in [-0.39, 0.29) is 11.5 Å². The van der Waals surface area contributed by atoms with Crippen molar-refractivity contribution in [2.75, 3.05) is 18.5 Å². The number of rotatable bonds is 5. The van der Waals surface area contributed by atoms with Gasteiger partial charge in [0.2, 0.25) is 15.9 Å². The molecule has 0 radical (unpaired) electrons. The minimum absolute atomic E-state index is 0.133. The first-order valence-corrected chi connectivity index (χ1v) is 10.7. The van der Waals surface area contributed by atoms with Gasteiger partial charge in [0.25, 0.3) is 0 Å². The third kappa shape index (κ3) is 4.78. The highest BCUT2D eigenvalue weighted by Crippen LogP contribution is 2.27. The quantitative estimate of drug-likeness (QED) is 0.805. The summed E-state index contributed by atoms with van der Waals surface area (Å²) in [6, 6.07) is -0.196. The molecular formula is C16H27N3O4S2. The van der Waals surface area contributed by atoms with E-state index >= 15 is 0 Å². The average Bonchev–Trinajstić information content (AvgIpc) is 2.96. The van der Waals surface area contributed by atoms with E-state index < -0.39 is 20.7 Å². The number of amides is 1. The van der Waals surface area contributed by atoms with Gasteiger partial charge >= 0.3 is 0 Å². The minimum atomic E-state index is -3.84. The first-order valence-electron chi connectivity index (χ1n) is 8.30. The number of nitrogens with zero attached hydrogens (tertiary/aromatic N) is 1. The normalized spacial score (nSPS) is 17.5. The zero-order chi connectivity index (χ0) is 18.9. The van der Waals surface area contributed by atoms with E-state index in [0.29, 0.717) is 31.2 Å². The number of anilines is 1. The van der Waals surface area contributed by atoms with Crippen LogP contribution in [0.5, 0.6) is 0 Å². The number of carbonyl (C=O) groups is 1. The Bertz CT molecular complexity index is 714. The van der Waals surface area contributed by atoms with E-state index in [2.05, 4.69) is 15.0 Å². The largest absolute Gasteiger partial charge is 0.381 e. The van der Waals surface area contributed by atoms with Crippen LogP contribution in [-0.4, -0.2) is 43.3 Å². The second-order valence-corrected chi connectivity index (χ2v) is 10.9. The number of aromatic nitrogens is 1. The lowest BCUT2D eigenvalue weighted by atomic mass is 9.93. The standard InChI is InChI=1S/C16H27N3O4S2/c1-15(2,3)12-10-24-14(17-12)18-13(20)16(4,5)25(21,22)19-11-6-8-23-9-7-11/h10-11,19H,6-9H2,1-5H3,(H,17,18,20). The Morgan fingerprint density at radius 1 is 1.24 bits per heavy atom. The van der Waals surface area contributed by atoms with Gasteiger partial charge in [0.1, 0.15) is 0 Å². The van der Waals surface area contributed by atoms with E-state index in [1.54, 1.807) is 0 Å². The summed E-state index contributed by atoms with van der Waals surface area (Å²) in [5.74, 6) is -0.595. The molecule has 0 unspecified atom stereocenters. The van der Waals surface area contributed by atoms with Gasteiger partial charge in [-0.2, -0.15) is 0 Å². The molecule has 1 amide bonds. The minimum Gasteiger partial charge on any atom is -0.381 e. The molecule has 1 aliphatic rings. The van der Waals surface area contributed by atoms with E-state index in [4.69, 9.17) is 4.74 Å². The van der Waals surface area contributed by atoms with Crippen molar-refractivity contribution in [2.45, 2.75) is 63.7 Å². The molecule has 1 aromatic heterocycles. The molecule has 0 atom stereocenters. The van der Waals surface area contributed by atoms with Crippen LogP contribution in [0.3, 0.4) is 0 Å². The summed E-state index contributed by atoms with van der Waals surface area (Å²) >= 11 is 1.29. The van der Waals surface area contributed by atoms with Crippen LogP contribution in [0.15, 0.2) is 5.38 Å². The second kappa shape index (κ2) is 7.30. The van der Waals surface area contributed by atoms with Crippen LogP contribution >= 0.6 is 11.3 Å². The number of carbonyl (C=O) groups excluding carboxylic acids is 1. The van der Waals surface area contributed by atoms with Gasteiger partial charge < -0.3 is 10.1 Å². The maximum absolute atomic E-state index is 12.7. The molecule has 0 spiro atoms. The van der Waals surface area contributed by atoms with Crippen LogP contribution in [0.2, 0.25) is 0 Å². The van der Waals surface area contributed by atoms with Gasteiger partial charge in [-0.3, -0.25) is 4.79 Å². The van der Waals surface area contributed by atoms with Gasteiger partial charge in [-0.25, -0.2) is 18.1 Å². The third-order valence-corrected chi connectivity index (χ3v) is 7.19. The Hall–Kier alpha value is -1.03. The van der Waals surface area contributed by atoms with Crippen molar-refractivity contribution in [3.63, 3.8) is 0 Å². The van der Waals surface area contributed by atoms with Gasteiger partial charge in [-0.1, -0.05) is 20.8 Å². The van der Waals surface area contributed by atoms with Crippen LogP contribution in [0.4, 0.5) is 5.13 Å². The van der Waals surface area contributed by atoms with Crippen LogP contribution in [-0.2, 0) is 25.0 Å². The summed E-state index contributed by atoms with van der Waals surface area (Å²) in [5.41, 5.74) is 0.722. The second-order valence-electron chi connectivity index (χ2n) is 7.76. The number of thiazole rings is 1. The molecule has 9 heteroatoms. The molecule has 25 heavy (non-hydrogen) atoms. The number of ether oxygens (including phenoxy) is 1. The highest BCUT2D eigenvalue weighted by molar-refractivity contribution is 7.91. The van der Waals surface area contributed by atoms with E-state index in [1.807, 2.05) is 26.2 Å². The third-order valence-electron chi connectivity index (χ3n) is 4.25. The predicted octanol–water partition coefficient (Wildman–Crippen LogP) is 2.26. The zero-order valence-electron chi connectivity index (χ0n) is 15.4. The lowest BCUT2D eigenvalue weighted by molar-refractivity contribution is -0.117. The molecule has 0 aliphatic carbocycles. The first kappa shape index (κ1) is 20.3. The fourth-order valence-corrected chi connectivity index (χ4v) is 4.42. The summed E-state index contributed by atoms with van der Waals surface area (Å²) < 4.78 is 31.6. The van der Waals surface area contributed by atoms with Gasteiger partial charge in [0, 0.05) is 30.1 Å². The summed E-state index contributed by atoms with van der Waals surface area (Å²) in [7, 11) is -3.84. The smallest absolute Gasteiger partial charge is 0.248 e. The van der Waals surface area contributed by atoms with Crippen molar-refractivity contribution in [2.24, 2.45) is 0 Å². The van der Waals surface area contributed by atoms with Crippen molar-refractivity contribution in [3.05, 3.63) is 11.1 Å². The topological polar surface area (TPSA) is 97.4 Å². The Labute approximate surface area is 153 Å². The molecule has 2 heterocycles. The number of hydrogen-bond donors (Lipinski definition) is 2. The monoisotopic (exact) mass is 389 g/mol. The maximum atomic E-state index is 12.7. The zero-order valence-corrected chi connectivity index (χ0v) is 17.0. The first-order chi connectivity index (χ1) is 11.4. The molecule has 0 saturated carbocycles. The number of sulfonamides is 1. The fourth-order valence-electron chi connectivity index (χ4n) is 2.23. The highest BCUT2D eigenvalue weighted by Gasteiger charge is 2.43. The molecule has 0 aromatic carbocycles. The molecular weight excluding hydrogens is 362 g/mol. The number of hydrogen-bond acceptors (Lipinski definition) is 6. The molecule has 1 aliphatic heterocycles. The van der Waals surface area contributed by atoms with Gasteiger partial charge in [-0.05, 0) is 26.7 Å². The molecule has 7 nitrogen and oxygen atoms in total. The van der Waals surface area contributed by atoms with E-state index in [1.165, 1.54) is 25.2 Å². The van der Waals surface area contributed by atoms with Crippen molar-refractivity contribution in [1.29, 1.82) is 0 Å². The lowest BCUT2D eigenvalue weighted by Gasteiger charge is -2.29. The van der Waals surface area contributed by atoms with Crippen molar-refractivity contribution in [1.82, 2.24) is 9.71 Å². The SMILES string of the molecule is CC(C)(C)c1csc(NC(=O)C(C)(C)S(=O)(=O)NC2CCOCC2)n1. The molecule has 0 bridgehead atoms. The van der Waals surface area contributed by atoms with Crippen LogP contribution in [0.1, 0.15) is 53.2 Å². The average molecular weight is 390 g/mol. The van der Waals surface area contributed by atoms with Gasteiger partial charge in [-0.15, -0.1) is 11.3 Å². The Kier molecular flexibility index (Phi) is 5.92. The molecule has 2 rings (SSSR count). The van der Waals surface area contributed by atoms with Gasteiger partial charge in [0.15, 0.2) is 9.88 Å². The molecule has 1 fully saturated rings. The molecule has 1 saturated heterocycles. The summed E-state index contributed by atoms with van der Waals surface area (Å²) in [4.78, 5) is 17.0. The summed E-state index contributed by atoms with van der Waals surface area (Å²) in [6.07, 6.45) is 1.22. The Balaban J connectivity index is 2.09. The van der Waals surface area contributed by atoms with E-state index in [0.717, 1.165) is 5.69 Å². The predicted molar refractivity (Wildman–Crippen MR) is 99.4 cm³/mol. The summed E-state index contributed by atoms with van der Waals surface area (Å²) in [6.45, 7) is 9.94. The Morgan fingerprint density at radius 3 is 2.36 bits per heavy atom. The highest BCUT2D eigenvalue weighted by atomic mass is 32.2. The molecule has 1 aromatic rings. The van der Waals surface area contributed by atoms with Gasteiger partial charge in [0.05, 0.1) is 5.69 Å². The van der Waals surface area contributed by atoms with Crippen molar-refractivity contribution < 1.29 is 17.9 Å². The number of nitrogens with one attached hydrogen (secondary N) is 2. The van der Waals surface area contributed by atoms with Crippen molar-refractivity contribution >= 4 is 32.4 Å². The van der Waals surface area contributed by atoms with Crippen LogP contribution < -0.4 is 10.0 Å². The summed E-state index contributed by atoms with van der Waals surface area (Å²) in [5, 5.41) is 4.92. The molecule has 2 N–H and O–H groups in total. The lowest BCUT2D eigenvalue weighted by Crippen LogP contribution is -2.53. The Morgan fingerprint density at radius 2 is 1.84 bits per heavy atom. The van der Waals surface area contributed by atoms with E-state index in [9.17, 15) is 13.2 Å². The van der Waals surface area contributed by atoms with Crippen LogP contribution in [0, 0.1) is 0 Å². The fraction of sp³-hybridized carbons (Fsp3) is 0.750. The molecule has 142 valence electrons. The maximum Gasteiger partial charge on any atom is 0.248 e. The van der Waals surface area contributed by atoms with Crippen LogP contribution in [0.25, 0.3) is 0 Å². The van der Waals surface area contributed by atoms with Crippen molar-refractivity contribution in [3.8, 4) is 0 Å².